The molecule has 0 bridgehead atoms. The van der Waals surface area contributed by atoms with Crippen LogP contribution in [0.1, 0.15) is 0 Å². The van der Waals surface area contributed by atoms with Crippen molar-refractivity contribution in [2.75, 3.05) is 0 Å². The Bertz CT molecular complexity index is 2480. The summed E-state index contributed by atoms with van der Waals surface area (Å²) in [6.07, 6.45) is 1.81. The van der Waals surface area contributed by atoms with Crippen molar-refractivity contribution in [3.63, 3.8) is 0 Å². The van der Waals surface area contributed by atoms with Crippen molar-refractivity contribution >= 4 is 64.4 Å². The molecule has 0 amide bonds. The molecule has 9 aromatic rings. The van der Waals surface area contributed by atoms with Gasteiger partial charge in [-0.1, -0.05) is 78.9 Å². The molecule has 42 heavy (non-hydrogen) atoms. The van der Waals surface area contributed by atoms with E-state index in [1.54, 1.807) is 11.3 Å². The van der Waals surface area contributed by atoms with Crippen molar-refractivity contribution in [3.8, 4) is 34.2 Å². The average molecular weight is 557 g/mol. The molecule has 0 aliphatic rings. The molecule has 0 fully saturated rings. The quantitative estimate of drug-likeness (QED) is 0.217. The maximum absolute atomic E-state index is 6.33. The highest BCUT2D eigenvalue weighted by molar-refractivity contribution is 7.25. The summed E-state index contributed by atoms with van der Waals surface area (Å²) in [6, 6.07) is 39.3. The zero-order valence-corrected chi connectivity index (χ0v) is 23.0. The third-order valence-electron chi connectivity index (χ3n) is 7.77. The molecule has 5 aromatic carbocycles. The molecule has 0 aliphatic carbocycles. The molecule has 0 N–H and O–H groups in total. The van der Waals surface area contributed by atoms with Crippen molar-refractivity contribution in [3.05, 3.63) is 121 Å². The predicted molar refractivity (Wildman–Crippen MR) is 172 cm³/mol. The standard InChI is InChI=1S/C36H20N4OS/c1-2-8-21(9-3-1)34-38-35(23-15-16-25-24-11-4-5-14-31(24)42-32(25)19-23)40-36(39-34)26-12-6-13-29-33(26)27-20-28-22(10-7-17-37-28)18-30(27)41-29/h1-20H. The molecule has 0 radical (unpaired) electrons. The lowest BCUT2D eigenvalue weighted by molar-refractivity contribution is 0.669. The van der Waals surface area contributed by atoms with Crippen LogP contribution in [0, 0.1) is 0 Å². The molecular weight excluding hydrogens is 536 g/mol. The minimum Gasteiger partial charge on any atom is -0.456 e. The summed E-state index contributed by atoms with van der Waals surface area (Å²) in [5.74, 6) is 1.86. The normalized spacial score (nSPS) is 11.8. The lowest BCUT2D eigenvalue weighted by Gasteiger charge is -2.09. The first-order chi connectivity index (χ1) is 20.8. The minimum absolute atomic E-state index is 0.602. The summed E-state index contributed by atoms with van der Waals surface area (Å²) in [6.45, 7) is 0. The number of pyridine rings is 1. The molecule has 0 spiro atoms. The number of furan rings is 1. The highest BCUT2D eigenvalue weighted by Gasteiger charge is 2.19. The summed E-state index contributed by atoms with van der Waals surface area (Å²) in [7, 11) is 0. The second-order valence-electron chi connectivity index (χ2n) is 10.3. The molecule has 196 valence electrons. The lowest BCUT2D eigenvalue weighted by Crippen LogP contribution is -2.00. The summed E-state index contributed by atoms with van der Waals surface area (Å²) in [5, 5.41) is 5.51. The van der Waals surface area contributed by atoms with Gasteiger partial charge in [-0.2, -0.15) is 0 Å². The molecule has 5 nitrogen and oxygen atoms in total. The van der Waals surface area contributed by atoms with Crippen molar-refractivity contribution in [2.24, 2.45) is 0 Å². The summed E-state index contributed by atoms with van der Waals surface area (Å²) >= 11 is 1.79. The van der Waals surface area contributed by atoms with Crippen molar-refractivity contribution in [1.82, 2.24) is 19.9 Å². The molecule has 9 rings (SSSR count). The van der Waals surface area contributed by atoms with Gasteiger partial charge < -0.3 is 4.42 Å². The Morgan fingerprint density at radius 1 is 0.524 bits per heavy atom. The first-order valence-electron chi connectivity index (χ1n) is 13.7. The second kappa shape index (κ2) is 9.03. The van der Waals surface area contributed by atoms with E-state index >= 15 is 0 Å². The van der Waals surface area contributed by atoms with Crippen LogP contribution in [-0.4, -0.2) is 19.9 Å². The van der Waals surface area contributed by atoms with Crippen molar-refractivity contribution in [1.29, 1.82) is 0 Å². The third kappa shape index (κ3) is 3.62. The first kappa shape index (κ1) is 23.3. The van der Waals surface area contributed by atoms with E-state index in [-0.39, 0.29) is 0 Å². The van der Waals surface area contributed by atoms with Gasteiger partial charge in [0.2, 0.25) is 0 Å². The van der Waals surface area contributed by atoms with Gasteiger partial charge >= 0.3 is 0 Å². The molecule has 4 aromatic heterocycles. The summed E-state index contributed by atoms with van der Waals surface area (Å²) in [4.78, 5) is 19.7. The Balaban J connectivity index is 1.30. The molecule has 4 heterocycles. The monoisotopic (exact) mass is 556 g/mol. The highest BCUT2D eigenvalue weighted by atomic mass is 32.1. The van der Waals surface area contributed by atoms with E-state index < -0.39 is 0 Å². The SMILES string of the molecule is c1ccc(-c2nc(-c3ccc4c(c3)sc3ccccc34)nc(-c3cccc4oc5cc6cccnc6cc5c34)n2)cc1. The van der Waals surface area contributed by atoms with Crippen molar-refractivity contribution < 1.29 is 4.42 Å². The maximum Gasteiger partial charge on any atom is 0.164 e. The molecule has 0 saturated heterocycles. The fraction of sp³-hybridized carbons (Fsp3) is 0. The molecule has 0 atom stereocenters. The fourth-order valence-corrected chi connectivity index (χ4v) is 6.93. The Hall–Kier alpha value is -5.46. The number of hydrogen-bond acceptors (Lipinski definition) is 6. The minimum atomic E-state index is 0.602. The van der Waals surface area contributed by atoms with Crippen LogP contribution in [0.15, 0.2) is 126 Å². The number of benzene rings is 5. The maximum atomic E-state index is 6.33. The van der Waals surface area contributed by atoms with E-state index in [2.05, 4.69) is 65.6 Å². The van der Waals surface area contributed by atoms with Crippen LogP contribution in [0.4, 0.5) is 0 Å². The molecule has 6 heteroatoms. The summed E-state index contributed by atoms with van der Waals surface area (Å²) in [5.41, 5.74) is 5.29. The van der Waals surface area contributed by atoms with E-state index in [0.717, 1.165) is 49.5 Å². The average Bonchev–Trinajstić information content (AvgIpc) is 3.61. The number of fused-ring (bicyclic) bond motifs is 7. The van der Waals surface area contributed by atoms with Gasteiger partial charge in [0.05, 0.1) is 5.52 Å². The van der Waals surface area contributed by atoms with E-state index in [1.807, 2.05) is 60.8 Å². The van der Waals surface area contributed by atoms with Crippen LogP contribution < -0.4 is 0 Å². The molecular formula is C36H20N4OS. The number of aromatic nitrogens is 4. The molecule has 0 saturated carbocycles. The zero-order chi connectivity index (χ0) is 27.6. The van der Waals surface area contributed by atoms with Crippen LogP contribution in [0.2, 0.25) is 0 Å². The van der Waals surface area contributed by atoms with Crippen LogP contribution in [0.25, 0.3) is 87.2 Å². The second-order valence-corrected chi connectivity index (χ2v) is 11.4. The Morgan fingerprint density at radius 2 is 1.33 bits per heavy atom. The largest absolute Gasteiger partial charge is 0.456 e. The van der Waals surface area contributed by atoms with Gasteiger partial charge in [-0.15, -0.1) is 11.3 Å². The lowest BCUT2D eigenvalue weighted by atomic mass is 10.0. The first-order valence-corrected chi connectivity index (χ1v) is 14.5. The van der Waals surface area contributed by atoms with Gasteiger partial charge in [0.1, 0.15) is 11.2 Å². The third-order valence-corrected chi connectivity index (χ3v) is 8.90. The van der Waals surface area contributed by atoms with Crippen LogP contribution in [0.5, 0.6) is 0 Å². The van der Waals surface area contributed by atoms with Crippen LogP contribution >= 0.6 is 11.3 Å². The van der Waals surface area contributed by atoms with Gasteiger partial charge in [0.25, 0.3) is 0 Å². The van der Waals surface area contributed by atoms with Gasteiger partial charge in [-0.05, 0) is 36.4 Å². The number of rotatable bonds is 3. The van der Waals surface area contributed by atoms with E-state index in [0.29, 0.717) is 17.5 Å². The molecule has 0 unspecified atom stereocenters. The van der Waals surface area contributed by atoms with E-state index in [1.165, 1.54) is 20.2 Å². The summed E-state index contributed by atoms with van der Waals surface area (Å²) < 4.78 is 8.81. The number of nitrogens with zero attached hydrogens (tertiary/aromatic N) is 4. The number of hydrogen-bond donors (Lipinski definition) is 0. The van der Waals surface area contributed by atoms with Crippen LogP contribution in [-0.2, 0) is 0 Å². The highest BCUT2D eigenvalue weighted by Crippen LogP contribution is 2.39. The van der Waals surface area contributed by atoms with E-state index in [9.17, 15) is 0 Å². The predicted octanol–water partition coefficient (Wildman–Crippen LogP) is 9.69. The zero-order valence-electron chi connectivity index (χ0n) is 22.2. The number of thiophene rings is 1. The van der Waals surface area contributed by atoms with Crippen LogP contribution in [0.3, 0.4) is 0 Å². The molecule has 0 aliphatic heterocycles. The topological polar surface area (TPSA) is 64.7 Å². The smallest absolute Gasteiger partial charge is 0.164 e. The van der Waals surface area contributed by atoms with Gasteiger partial charge in [-0.25, -0.2) is 15.0 Å². The van der Waals surface area contributed by atoms with E-state index in [4.69, 9.17) is 19.4 Å². The van der Waals surface area contributed by atoms with Gasteiger partial charge in [0.15, 0.2) is 17.5 Å². The fourth-order valence-electron chi connectivity index (χ4n) is 5.78. The Kier molecular flexibility index (Phi) is 5.00. The van der Waals surface area contributed by atoms with Gasteiger partial charge in [-0.3, -0.25) is 4.98 Å². The Morgan fingerprint density at radius 3 is 2.26 bits per heavy atom. The Labute approximate surface area is 243 Å². The van der Waals surface area contributed by atoms with Gasteiger partial charge in [0, 0.05) is 59.2 Å². The van der Waals surface area contributed by atoms with Crippen molar-refractivity contribution in [2.45, 2.75) is 0 Å².